The minimum atomic E-state index is -0.625. The van der Waals surface area contributed by atoms with Crippen molar-refractivity contribution in [2.75, 3.05) is 5.73 Å². The van der Waals surface area contributed by atoms with E-state index in [1.165, 1.54) is 12.1 Å². The third-order valence-corrected chi connectivity index (χ3v) is 3.26. The van der Waals surface area contributed by atoms with Crippen LogP contribution in [0.25, 0.3) is 0 Å². The summed E-state index contributed by atoms with van der Waals surface area (Å²) in [5.41, 5.74) is 6.14. The number of hydrogen-bond acceptors (Lipinski definition) is 4. The number of halogens is 1. The predicted octanol–water partition coefficient (Wildman–Crippen LogP) is 2.76. The lowest BCUT2D eigenvalue weighted by atomic mass is 10.1. The summed E-state index contributed by atoms with van der Waals surface area (Å²) in [6.07, 6.45) is 0. The van der Waals surface area contributed by atoms with E-state index in [0.717, 1.165) is 11.6 Å². The number of hydrogen-bond donors (Lipinski definition) is 2. The lowest BCUT2D eigenvalue weighted by Crippen LogP contribution is -2.23. The summed E-state index contributed by atoms with van der Waals surface area (Å²) in [4.78, 5) is 22.2. The molecule has 0 saturated carbocycles. The van der Waals surface area contributed by atoms with Gasteiger partial charge < -0.3 is 11.1 Å². The Bertz CT molecular complexity index is 704. The molecule has 1 amide bonds. The Morgan fingerprint density at radius 2 is 2.00 bits per heavy atom. The molecule has 0 bridgehead atoms. The second-order valence-corrected chi connectivity index (χ2v) is 4.71. The number of benzene rings is 2. The predicted molar refractivity (Wildman–Crippen MR) is 80.1 cm³/mol. The zero-order chi connectivity index (χ0) is 15.4. The molecule has 108 valence electrons. The first-order chi connectivity index (χ1) is 9.99. The van der Waals surface area contributed by atoms with Crippen LogP contribution >= 0.6 is 11.6 Å². The SMILES string of the molecule is Nc1ccc(C(=O)NCc2ccccc2Cl)cc1[N+](=O)[O-]. The Kier molecular flexibility index (Phi) is 4.39. The molecule has 3 N–H and O–H groups in total. The Labute approximate surface area is 125 Å². The Hall–Kier alpha value is -2.60. The number of nitrogens with zero attached hydrogens (tertiary/aromatic N) is 1. The number of nitro groups is 1. The van der Waals surface area contributed by atoms with E-state index < -0.39 is 10.8 Å². The van der Waals surface area contributed by atoms with Gasteiger partial charge in [-0.05, 0) is 23.8 Å². The van der Waals surface area contributed by atoms with E-state index in [1.54, 1.807) is 24.3 Å². The molecule has 0 aliphatic rings. The normalized spacial score (nSPS) is 10.1. The molecule has 0 atom stereocenters. The Morgan fingerprint density at radius 3 is 2.67 bits per heavy atom. The van der Waals surface area contributed by atoms with Crippen molar-refractivity contribution in [3.8, 4) is 0 Å². The van der Waals surface area contributed by atoms with Crippen molar-refractivity contribution in [3.05, 3.63) is 68.7 Å². The fourth-order valence-corrected chi connectivity index (χ4v) is 1.96. The van der Waals surface area contributed by atoms with Gasteiger partial charge in [-0.3, -0.25) is 14.9 Å². The lowest BCUT2D eigenvalue weighted by molar-refractivity contribution is -0.383. The number of rotatable bonds is 4. The van der Waals surface area contributed by atoms with Crippen LogP contribution in [0.15, 0.2) is 42.5 Å². The molecule has 0 spiro atoms. The number of carbonyl (C=O) groups is 1. The van der Waals surface area contributed by atoms with Crippen LogP contribution in [0.2, 0.25) is 5.02 Å². The van der Waals surface area contributed by atoms with Gasteiger partial charge in [0.1, 0.15) is 5.69 Å². The topological polar surface area (TPSA) is 98.3 Å². The monoisotopic (exact) mass is 305 g/mol. The van der Waals surface area contributed by atoms with Crippen molar-refractivity contribution in [2.24, 2.45) is 0 Å². The maximum absolute atomic E-state index is 12.0. The highest BCUT2D eigenvalue weighted by atomic mass is 35.5. The minimum Gasteiger partial charge on any atom is -0.393 e. The number of nitro benzene ring substituents is 1. The summed E-state index contributed by atoms with van der Waals surface area (Å²) >= 11 is 5.98. The van der Waals surface area contributed by atoms with E-state index in [-0.39, 0.29) is 23.5 Å². The average Bonchev–Trinajstić information content (AvgIpc) is 2.46. The van der Waals surface area contributed by atoms with Gasteiger partial charge in [0.05, 0.1) is 4.92 Å². The fraction of sp³-hybridized carbons (Fsp3) is 0.0714. The van der Waals surface area contributed by atoms with E-state index in [9.17, 15) is 14.9 Å². The third-order valence-electron chi connectivity index (χ3n) is 2.89. The van der Waals surface area contributed by atoms with Gasteiger partial charge in [0, 0.05) is 23.2 Å². The Balaban J connectivity index is 2.12. The molecule has 6 nitrogen and oxygen atoms in total. The fourth-order valence-electron chi connectivity index (χ4n) is 1.76. The van der Waals surface area contributed by atoms with Crippen molar-refractivity contribution in [3.63, 3.8) is 0 Å². The molecule has 0 fully saturated rings. The summed E-state index contributed by atoms with van der Waals surface area (Å²) in [5, 5.41) is 14.0. The first-order valence-electron chi connectivity index (χ1n) is 6.04. The molecule has 2 rings (SSSR count). The maximum Gasteiger partial charge on any atom is 0.292 e. The van der Waals surface area contributed by atoms with Gasteiger partial charge in [-0.25, -0.2) is 0 Å². The van der Waals surface area contributed by atoms with Gasteiger partial charge in [-0.2, -0.15) is 0 Å². The van der Waals surface area contributed by atoms with Gasteiger partial charge in [-0.15, -0.1) is 0 Å². The quantitative estimate of drug-likeness (QED) is 0.515. The molecule has 0 unspecified atom stereocenters. The molecular formula is C14H12ClN3O3. The highest BCUT2D eigenvalue weighted by Crippen LogP contribution is 2.22. The highest BCUT2D eigenvalue weighted by Gasteiger charge is 2.15. The lowest BCUT2D eigenvalue weighted by Gasteiger charge is -2.07. The molecule has 0 aliphatic carbocycles. The summed E-state index contributed by atoms with van der Waals surface area (Å²) in [6.45, 7) is 0.233. The van der Waals surface area contributed by atoms with Gasteiger partial charge in [0.2, 0.25) is 0 Å². The maximum atomic E-state index is 12.0. The number of nitrogens with one attached hydrogen (secondary N) is 1. The van der Waals surface area contributed by atoms with Crippen LogP contribution in [-0.2, 0) is 6.54 Å². The van der Waals surface area contributed by atoms with Crippen LogP contribution in [0.4, 0.5) is 11.4 Å². The van der Waals surface area contributed by atoms with Crippen LogP contribution in [-0.4, -0.2) is 10.8 Å². The van der Waals surface area contributed by atoms with Crippen molar-refractivity contribution in [1.82, 2.24) is 5.32 Å². The molecule has 0 radical (unpaired) electrons. The molecule has 0 aliphatic heterocycles. The van der Waals surface area contributed by atoms with E-state index in [2.05, 4.69) is 5.32 Å². The summed E-state index contributed by atoms with van der Waals surface area (Å²) < 4.78 is 0. The van der Waals surface area contributed by atoms with E-state index >= 15 is 0 Å². The smallest absolute Gasteiger partial charge is 0.292 e. The van der Waals surface area contributed by atoms with Gasteiger partial charge >= 0.3 is 0 Å². The molecule has 0 heterocycles. The van der Waals surface area contributed by atoms with Crippen LogP contribution in [0, 0.1) is 10.1 Å². The van der Waals surface area contributed by atoms with Crippen LogP contribution in [0.1, 0.15) is 15.9 Å². The van der Waals surface area contributed by atoms with Crippen molar-refractivity contribution < 1.29 is 9.72 Å². The van der Waals surface area contributed by atoms with Gasteiger partial charge in [0.15, 0.2) is 0 Å². The second kappa shape index (κ2) is 6.23. The van der Waals surface area contributed by atoms with Crippen LogP contribution in [0.5, 0.6) is 0 Å². The summed E-state index contributed by atoms with van der Waals surface area (Å²) in [5.74, 6) is -0.432. The first-order valence-corrected chi connectivity index (χ1v) is 6.42. The number of nitrogens with two attached hydrogens (primary N) is 1. The van der Waals surface area contributed by atoms with Crippen molar-refractivity contribution >= 4 is 28.9 Å². The molecule has 0 saturated heterocycles. The van der Waals surface area contributed by atoms with Gasteiger partial charge in [0.25, 0.3) is 11.6 Å². The third kappa shape index (κ3) is 3.49. The largest absolute Gasteiger partial charge is 0.393 e. The zero-order valence-corrected chi connectivity index (χ0v) is 11.6. The summed E-state index contributed by atoms with van der Waals surface area (Å²) in [7, 11) is 0. The van der Waals surface area contributed by atoms with Crippen LogP contribution in [0.3, 0.4) is 0 Å². The number of anilines is 1. The van der Waals surface area contributed by atoms with E-state index in [0.29, 0.717) is 5.02 Å². The average molecular weight is 306 g/mol. The second-order valence-electron chi connectivity index (χ2n) is 4.30. The molecular weight excluding hydrogens is 294 g/mol. The number of amides is 1. The standard InChI is InChI=1S/C14H12ClN3O3/c15-11-4-2-1-3-10(11)8-17-14(19)9-5-6-12(16)13(7-9)18(20)21/h1-7H,8,16H2,(H,17,19). The van der Waals surface area contributed by atoms with Crippen molar-refractivity contribution in [1.29, 1.82) is 0 Å². The zero-order valence-electron chi connectivity index (χ0n) is 10.9. The minimum absolute atomic E-state index is 0.0163. The highest BCUT2D eigenvalue weighted by molar-refractivity contribution is 6.31. The number of nitrogen functional groups attached to an aromatic ring is 1. The van der Waals surface area contributed by atoms with Gasteiger partial charge in [-0.1, -0.05) is 29.8 Å². The Morgan fingerprint density at radius 1 is 1.29 bits per heavy atom. The molecule has 2 aromatic carbocycles. The number of carbonyl (C=O) groups excluding carboxylic acids is 1. The molecule has 7 heteroatoms. The summed E-state index contributed by atoms with van der Waals surface area (Å²) in [6, 6.07) is 11.0. The van der Waals surface area contributed by atoms with E-state index in [1.807, 2.05) is 0 Å². The van der Waals surface area contributed by atoms with Crippen LogP contribution < -0.4 is 11.1 Å². The molecule has 0 aromatic heterocycles. The molecule has 21 heavy (non-hydrogen) atoms. The van der Waals surface area contributed by atoms with Crippen molar-refractivity contribution in [2.45, 2.75) is 6.54 Å². The first kappa shape index (κ1) is 14.8. The molecule has 2 aromatic rings. The van der Waals surface area contributed by atoms with E-state index in [4.69, 9.17) is 17.3 Å².